The van der Waals surface area contributed by atoms with Crippen molar-refractivity contribution in [2.45, 2.75) is 0 Å². The van der Waals surface area contributed by atoms with Crippen LogP contribution in [0.3, 0.4) is 0 Å². The van der Waals surface area contributed by atoms with Crippen molar-refractivity contribution in [3.8, 4) is 5.40 Å². The Kier molecular flexibility index (Phi) is 5.56. The third-order valence-electron chi connectivity index (χ3n) is 0.332. The molecule has 0 spiro atoms. The molecule has 0 aromatic rings. The van der Waals surface area contributed by atoms with E-state index in [-0.39, 0.29) is 6.61 Å². The molecule has 3 nitrogen and oxygen atoms in total. The van der Waals surface area contributed by atoms with Crippen molar-refractivity contribution in [1.29, 1.82) is 5.26 Å². The van der Waals surface area contributed by atoms with E-state index >= 15 is 0 Å². The largest absolute Gasteiger partial charge is 0.395 e. The van der Waals surface area contributed by atoms with Crippen LogP contribution in [-0.4, -0.2) is 18.3 Å². The molecule has 0 heterocycles. The third-order valence-corrected chi connectivity index (χ3v) is 0.771. The second-order valence-electron chi connectivity index (χ2n) is 0.811. The SMILES string of the molecule is N#CSNCCO. The van der Waals surface area contributed by atoms with Gasteiger partial charge in [0.2, 0.25) is 0 Å². The monoisotopic (exact) mass is 118 g/mol. The number of nitrogens with zero attached hydrogens (tertiary/aromatic N) is 1. The zero-order chi connectivity index (χ0) is 5.54. The van der Waals surface area contributed by atoms with Crippen LogP contribution in [0.2, 0.25) is 0 Å². The van der Waals surface area contributed by atoms with Gasteiger partial charge in [-0.1, -0.05) is 0 Å². The lowest BCUT2D eigenvalue weighted by Gasteiger charge is -1.88. The normalized spacial score (nSPS) is 8.00. The van der Waals surface area contributed by atoms with E-state index in [4.69, 9.17) is 10.4 Å². The maximum Gasteiger partial charge on any atom is 0.149 e. The molecule has 0 saturated heterocycles. The fourth-order valence-corrected chi connectivity index (χ4v) is 0.387. The Balaban J connectivity index is 2.60. The molecule has 0 aliphatic carbocycles. The molecular formula is C3H6N2OS. The van der Waals surface area contributed by atoms with Crippen molar-refractivity contribution in [3.63, 3.8) is 0 Å². The third kappa shape index (κ3) is 5.76. The molecule has 0 rings (SSSR count). The first-order valence-electron chi connectivity index (χ1n) is 1.80. The number of rotatable bonds is 3. The van der Waals surface area contributed by atoms with Crippen molar-refractivity contribution >= 4 is 11.9 Å². The molecule has 0 aliphatic heterocycles. The van der Waals surface area contributed by atoms with Crippen molar-refractivity contribution < 1.29 is 5.11 Å². The van der Waals surface area contributed by atoms with Gasteiger partial charge in [0, 0.05) is 18.5 Å². The lowest BCUT2D eigenvalue weighted by Crippen LogP contribution is -2.07. The standard InChI is InChI=1S/C3H6N2OS/c4-3-7-5-1-2-6/h5-6H,1-2H2. The summed E-state index contributed by atoms with van der Waals surface area (Å²) >= 11 is 0.928. The number of aliphatic hydroxyl groups is 1. The van der Waals surface area contributed by atoms with Crippen LogP contribution in [0.15, 0.2) is 0 Å². The highest BCUT2D eigenvalue weighted by Gasteiger charge is 1.77. The molecule has 40 valence electrons. The van der Waals surface area contributed by atoms with Crippen LogP contribution in [-0.2, 0) is 0 Å². The number of aliphatic hydroxyl groups excluding tert-OH is 1. The van der Waals surface area contributed by atoms with Gasteiger partial charge in [0.1, 0.15) is 5.40 Å². The van der Waals surface area contributed by atoms with E-state index in [0.717, 1.165) is 11.9 Å². The van der Waals surface area contributed by atoms with E-state index in [1.807, 2.05) is 0 Å². The average molecular weight is 118 g/mol. The van der Waals surface area contributed by atoms with Gasteiger partial charge >= 0.3 is 0 Å². The van der Waals surface area contributed by atoms with E-state index in [1.165, 1.54) is 0 Å². The average Bonchev–Trinajstić information content (AvgIpc) is 1.69. The van der Waals surface area contributed by atoms with Crippen molar-refractivity contribution in [2.24, 2.45) is 0 Å². The topological polar surface area (TPSA) is 56.0 Å². The van der Waals surface area contributed by atoms with E-state index in [9.17, 15) is 0 Å². The summed E-state index contributed by atoms with van der Waals surface area (Å²) < 4.78 is 2.59. The Morgan fingerprint density at radius 3 is 3.00 bits per heavy atom. The summed E-state index contributed by atoms with van der Waals surface area (Å²) in [5.41, 5.74) is 0. The van der Waals surface area contributed by atoms with Gasteiger partial charge in [0.05, 0.1) is 6.61 Å². The van der Waals surface area contributed by atoms with Gasteiger partial charge in [-0.25, -0.2) is 4.72 Å². The van der Waals surface area contributed by atoms with Crippen molar-refractivity contribution in [2.75, 3.05) is 13.2 Å². The van der Waals surface area contributed by atoms with Crippen LogP contribution in [0, 0.1) is 10.7 Å². The second kappa shape index (κ2) is 5.76. The number of hydrogen-bond donors (Lipinski definition) is 2. The summed E-state index contributed by atoms with van der Waals surface area (Å²) in [6.45, 7) is 0.549. The first kappa shape index (κ1) is 6.76. The van der Waals surface area contributed by atoms with Crippen LogP contribution in [0.1, 0.15) is 0 Å². The summed E-state index contributed by atoms with van der Waals surface area (Å²) in [4.78, 5) is 0. The summed E-state index contributed by atoms with van der Waals surface area (Å²) in [7, 11) is 0. The van der Waals surface area contributed by atoms with Crippen molar-refractivity contribution in [1.82, 2.24) is 4.72 Å². The van der Waals surface area contributed by atoms with Crippen LogP contribution in [0.5, 0.6) is 0 Å². The Morgan fingerprint density at radius 1 is 1.86 bits per heavy atom. The summed E-state index contributed by atoms with van der Waals surface area (Å²) in [6, 6.07) is 0. The molecule has 0 bridgehead atoms. The van der Waals surface area contributed by atoms with Gasteiger partial charge in [-0.2, -0.15) is 5.26 Å². The predicted octanol–water partition coefficient (Wildman–Crippen LogP) is -0.302. The molecule has 7 heavy (non-hydrogen) atoms. The first-order chi connectivity index (χ1) is 3.41. The Morgan fingerprint density at radius 2 is 2.57 bits per heavy atom. The molecular weight excluding hydrogens is 112 g/mol. The quantitative estimate of drug-likeness (QED) is 0.303. The zero-order valence-electron chi connectivity index (χ0n) is 3.72. The maximum atomic E-state index is 8.11. The summed E-state index contributed by atoms with van der Waals surface area (Å²) in [5.74, 6) is 0. The highest BCUT2D eigenvalue weighted by molar-refractivity contribution is 8.01. The Labute approximate surface area is 46.5 Å². The molecule has 0 aliphatic rings. The van der Waals surface area contributed by atoms with Gasteiger partial charge in [0.25, 0.3) is 0 Å². The summed E-state index contributed by atoms with van der Waals surface area (Å²) in [6.07, 6.45) is 0. The van der Waals surface area contributed by atoms with E-state index in [2.05, 4.69) is 4.72 Å². The number of nitriles is 1. The van der Waals surface area contributed by atoms with Gasteiger partial charge in [-0.05, 0) is 0 Å². The van der Waals surface area contributed by atoms with Crippen LogP contribution < -0.4 is 4.72 Å². The predicted molar refractivity (Wildman–Crippen MR) is 28.3 cm³/mol. The fourth-order valence-electron chi connectivity index (χ4n) is 0.129. The molecule has 0 unspecified atom stereocenters. The molecule has 0 aromatic heterocycles. The van der Waals surface area contributed by atoms with Crippen LogP contribution >= 0.6 is 11.9 Å². The lowest BCUT2D eigenvalue weighted by molar-refractivity contribution is 0.302. The molecule has 0 amide bonds. The minimum Gasteiger partial charge on any atom is -0.395 e. The van der Waals surface area contributed by atoms with E-state index < -0.39 is 0 Å². The minimum absolute atomic E-state index is 0.0781. The van der Waals surface area contributed by atoms with E-state index in [1.54, 1.807) is 5.40 Å². The highest BCUT2D eigenvalue weighted by Crippen LogP contribution is 1.82. The molecule has 0 fully saturated rings. The number of thiocyanates is 1. The Hall–Kier alpha value is -0.240. The second-order valence-corrected chi connectivity index (χ2v) is 1.49. The molecule has 0 atom stereocenters. The maximum absolute atomic E-state index is 8.11. The summed E-state index contributed by atoms with van der Waals surface area (Å²) in [5, 5.41) is 17.8. The van der Waals surface area contributed by atoms with Crippen LogP contribution in [0.4, 0.5) is 0 Å². The molecule has 2 N–H and O–H groups in total. The van der Waals surface area contributed by atoms with Crippen molar-refractivity contribution in [3.05, 3.63) is 0 Å². The fraction of sp³-hybridized carbons (Fsp3) is 0.667. The van der Waals surface area contributed by atoms with Gasteiger partial charge in [0.15, 0.2) is 0 Å². The van der Waals surface area contributed by atoms with Gasteiger partial charge in [-0.3, -0.25) is 0 Å². The zero-order valence-corrected chi connectivity index (χ0v) is 4.53. The lowest BCUT2D eigenvalue weighted by atomic mass is 10.8. The highest BCUT2D eigenvalue weighted by atomic mass is 32.2. The number of nitrogens with one attached hydrogen (secondary N) is 1. The molecule has 4 heteroatoms. The number of hydrogen-bond acceptors (Lipinski definition) is 4. The van der Waals surface area contributed by atoms with Gasteiger partial charge < -0.3 is 5.11 Å². The first-order valence-corrected chi connectivity index (χ1v) is 2.62. The smallest absolute Gasteiger partial charge is 0.149 e. The Bertz CT molecular complexity index is 69.8. The molecule has 0 saturated carbocycles. The van der Waals surface area contributed by atoms with Crippen LogP contribution in [0.25, 0.3) is 0 Å². The molecule has 0 aromatic carbocycles. The van der Waals surface area contributed by atoms with E-state index in [0.29, 0.717) is 6.54 Å². The minimum atomic E-state index is 0.0781. The van der Waals surface area contributed by atoms with Gasteiger partial charge in [-0.15, -0.1) is 0 Å². The molecule has 0 radical (unpaired) electrons.